The van der Waals surface area contributed by atoms with E-state index in [0.29, 0.717) is 43.8 Å². The van der Waals surface area contributed by atoms with Crippen LogP contribution in [0.25, 0.3) is 11.1 Å². The van der Waals surface area contributed by atoms with Crippen LogP contribution < -0.4 is 4.74 Å². The predicted molar refractivity (Wildman–Crippen MR) is 282 cm³/mol. The number of ether oxygens (including phenoxy) is 7. The SMILES string of the molecule is CC[C@H]1OC(=O)[C@H](C)[C@@H](O[C@H]2C[C@@](C)(OC)[C@@H](O)[C@H](C)O2)[C@H](C)[C@@H](O[C@@H]2O[C@H](C)C[C@H](N(C)CCc3cn([C@H](CF)Cc4ccc(-c5cncc(OC)c5)cc4)nn3)[C@H]2O)[C@](C)(O)C[C@@H](C)CN(C)[C@H](C)[C@@H](O)[C@]1(C)O. The van der Waals surface area contributed by atoms with Crippen LogP contribution in [0.2, 0.25) is 0 Å². The number of esters is 1. The first-order valence-electron chi connectivity index (χ1n) is 27.1. The summed E-state index contributed by atoms with van der Waals surface area (Å²) in [5.74, 6) is -2.20. The van der Waals surface area contributed by atoms with Crippen molar-refractivity contribution in [2.75, 3.05) is 48.1 Å². The van der Waals surface area contributed by atoms with Gasteiger partial charge in [0, 0.05) is 69.0 Å². The van der Waals surface area contributed by atoms with Gasteiger partial charge in [-0.1, -0.05) is 50.3 Å². The van der Waals surface area contributed by atoms with Gasteiger partial charge in [-0.25, -0.2) is 9.07 Å². The van der Waals surface area contributed by atoms with E-state index in [1.54, 1.807) is 78.8 Å². The minimum absolute atomic E-state index is 0.0869. The van der Waals surface area contributed by atoms with Crippen LogP contribution >= 0.6 is 0 Å². The Hall–Kier alpha value is -3.77. The third-order valence-corrected chi connectivity index (χ3v) is 16.6. The van der Waals surface area contributed by atoms with E-state index in [-0.39, 0.29) is 25.2 Å². The van der Waals surface area contributed by atoms with E-state index in [2.05, 4.69) is 15.3 Å². The molecule has 5 heterocycles. The molecule has 3 saturated heterocycles. The number of hydrogen-bond donors (Lipinski definition) is 5. The number of aliphatic hydroxyl groups excluding tert-OH is 3. The number of carbonyl (C=O) groups excluding carboxylic acids is 1. The molecule has 3 aromatic rings. The van der Waals surface area contributed by atoms with Crippen molar-refractivity contribution < 1.29 is 67.9 Å². The monoisotopic (exact) mass is 1070 g/mol. The van der Waals surface area contributed by atoms with Crippen molar-refractivity contribution in [2.24, 2.45) is 17.8 Å². The number of methoxy groups -OCH3 is 2. The van der Waals surface area contributed by atoms with Crippen molar-refractivity contribution in [1.29, 1.82) is 0 Å². The number of aromatic nitrogens is 4. The van der Waals surface area contributed by atoms with E-state index in [0.717, 1.165) is 16.7 Å². The van der Waals surface area contributed by atoms with Gasteiger partial charge < -0.3 is 68.5 Å². The third kappa shape index (κ3) is 14.3. The Morgan fingerprint density at radius 1 is 0.947 bits per heavy atom. The van der Waals surface area contributed by atoms with Crippen LogP contribution in [0.15, 0.2) is 48.9 Å². The van der Waals surface area contributed by atoms with Crippen LogP contribution in [0.4, 0.5) is 4.39 Å². The number of rotatable bonds is 16. The number of benzene rings is 1. The highest BCUT2D eigenvalue weighted by Gasteiger charge is 2.53. The predicted octanol–water partition coefficient (Wildman–Crippen LogP) is 4.93. The number of nitrogens with zero attached hydrogens (tertiary/aromatic N) is 6. The number of aliphatic hydroxyl groups is 5. The van der Waals surface area contributed by atoms with Crippen molar-refractivity contribution in [2.45, 2.75) is 204 Å². The maximum Gasteiger partial charge on any atom is 0.311 e. The molecule has 5 N–H and O–H groups in total. The minimum Gasteiger partial charge on any atom is -0.495 e. The maximum absolute atomic E-state index is 14.6. The van der Waals surface area contributed by atoms with Gasteiger partial charge >= 0.3 is 5.97 Å². The fraction of sp³-hybridized carbons (Fsp3) is 0.750. The van der Waals surface area contributed by atoms with Crippen LogP contribution in [0, 0.1) is 17.8 Å². The molecule has 6 rings (SSSR count). The van der Waals surface area contributed by atoms with E-state index in [9.17, 15) is 34.7 Å². The molecule has 0 amide bonds. The van der Waals surface area contributed by atoms with Gasteiger partial charge in [-0.05, 0) is 111 Å². The first kappa shape index (κ1) is 61.4. The number of pyridine rings is 1. The molecule has 19 nitrogen and oxygen atoms in total. The number of halogens is 1. The molecule has 20 heteroatoms. The van der Waals surface area contributed by atoms with Gasteiger partial charge in [-0.2, -0.15) is 0 Å². The second kappa shape index (κ2) is 26.0. The maximum atomic E-state index is 14.6. The average molecular weight is 1070 g/mol. The summed E-state index contributed by atoms with van der Waals surface area (Å²) >= 11 is 0. The lowest BCUT2D eigenvalue weighted by Crippen LogP contribution is -2.61. The average Bonchev–Trinajstić information content (AvgIpc) is 3.87. The number of cyclic esters (lactones) is 1. The molecule has 428 valence electrons. The van der Waals surface area contributed by atoms with Gasteiger partial charge in [0.15, 0.2) is 12.6 Å². The molecule has 1 aromatic carbocycles. The second-order valence-corrected chi connectivity index (χ2v) is 22.9. The van der Waals surface area contributed by atoms with Gasteiger partial charge in [0.05, 0.1) is 66.6 Å². The Balaban J connectivity index is 1.23. The second-order valence-electron chi connectivity index (χ2n) is 22.9. The molecule has 0 saturated carbocycles. The molecule has 2 aromatic heterocycles. The van der Waals surface area contributed by atoms with Crippen LogP contribution in [-0.2, 0) is 46.1 Å². The van der Waals surface area contributed by atoms with Gasteiger partial charge in [0.2, 0.25) is 0 Å². The molecule has 3 aliphatic heterocycles. The summed E-state index contributed by atoms with van der Waals surface area (Å²) in [5.41, 5.74) is -1.12. The Morgan fingerprint density at radius 2 is 1.64 bits per heavy atom. The van der Waals surface area contributed by atoms with Crippen LogP contribution in [0.5, 0.6) is 5.75 Å². The van der Waals surface area contributed by atoms with E-state index in [1.165, 1.54) is 14.0 Å². The highest BCUT2D eigenvalue weighted by atomic mass is 19.1. The number of carbonyl (C=O) groups is 1. The van der Waals surface area contributed by atoms with Crippen LogP contribution in [-0.4, -0.2) is 200 Å². The molecule has 3 aliphatic rings. The fourth-order valence-corrected chi connectivity index (χ4v) is 11.7. The van der Waals surface area contributed by atoms with Crippen molar-refractivity contribution in [1.82, 2.24) is 29.8 Å². The van der Waals surface area contributed by atoms with E-state index in [1.807, 2.05) is 68.1 Å². The lowest BCUT2D eigenvalue weighted by atomic mass is 9.77. The summed E-state index contributed by atoms with van der Waals surface area (Å²) in [4.78, 5) is 22.7. The highest BCUT2D eigenvalue weighted by molar-refractivity contribution is 5.73. The molecule has 19 atom stereocenters. The Bertz CT molecular complexity index is 2290. The molecule has 0 aliphatic carbocycles. The minimum atomic E-state index is -1.85. The van der Waals surface area contributed by atoms with Gasteiger partial charge in [-0.15, -0.1) is 5.10 Å². The molecule has 76 heavy (non-hydrogen) atoms. The fourth-order valence-electron chi connectivity index (χ4n) is 11.7. The molecule has 0 bridgehead atoms. The highest BCUT2D eigenvalue weighted by Crippen LogP contribution is 2.40. The first-order chi connectivity index (χ1) is 35.8. The normalized spacial score (nSPS) is 38.0. The summed E-state index contributed by atoms with van der Waals surface area (Å²) in [7, 11) is 6.82. The first-order valence-corrected chi connectivity index (χ1v) is 27.1. The lowest BCUT2D eigenvalue weighted by Gasteiger charge is -2.49. The van der Waals surface area contributed by atoms with Crippen molar-refractivity contribution >= 4 is 5.97 Å². The smallest absolute Gasteiger partial charge is 0.311 e. The lowest BCUT2D eigenvalue weighted by molar-refractivity contribution is -0.318. The van der Waals surface area contributed by atoms with Crippen molar-refractivity contribution in [3.05, 3.63) is 60.2 Å². The van der Waals surface area contributed by atoms with Crippen molar-refractivity contribution in [3.63, 3.8) is 0 Å². The summed E-state index contributed by atoms with van der Waals surface area (Å²) in [6.07, 6.45) is -3.36. The number of alkyl halides is 1. The number of hydrogen-bond acceptors (Lipinski definition) is 18. The molecular formula is C56H89FN6O13. The summed E-state index contributed by atoms with van der Waals surface area (Å²) in [6, 6.07) is 8.15. The summed E-state index contributed by atoms with van der Waals surface area (Å²) in [6.45, 7) is 17.7. The van der Waals surface area contributed by atoms with E-state index < -0.39 is 121 Å². The van der Waals surface area contributed by atoms with Gasteiger partial charge in [0.25, 0.3) is 0 Å². The zero-order valence-corrected chi connectivity index (χ0v) is 47.3. The largest absolute Gasteiger partial charge is 0.495 e. The summed E-state index contributed by atoms with van der Waals surface area (Å²) < 4.78 is 59.9. The Labute approximate surface area is 449 Å². The Morgan fingerprint density at radius 3 is 2.29 bits per heavy atom. The molecule has 0 unspecified atom stereocenters. The number of likely N-dealkylation sites (N-methyl/N-ethyl adjacent to an activating group) is 2. The standard InChI is InChI=1S/C56H89FN6O13/c1-15-45-56(10,69)49(65)36(6)62(12)30-32(2)25-54(8,68)51(34(4)48(35(5)52(67)74-45)75-46-26-55(9,71-14)50(66)37(7)73-46)76-53-47(64)44(22-33(3)72-53)61(11)21-20-41-31-63(60-59-41)42(27-57)23-38-16-18-39(19-17-38)40-24-43(70-13)29-58-28-40/h16-19,24,28-29,31-37,42,44-51,53,64-66,68-69H,15,20-23,25-27,30H2,1-14H3/t32-,33-,34+,35-,36-,37+,42+,44+,45-,46+,47-,48+,49-,50+,51-,53+,54-,55-,56-/m1/s1. The van der Waals surface area contributed by atoms with Crippen LogP contribution in [0.3, 0.4) is 0 Å². The van der Waals surface area contributed by atoms with Gasteiger partial charge in [-0.3, -0.25) is 9.78 Å². The van der Waals surface area contributed by atoms with Gasteiger partial charge in [0.1, 0.15) is 42.4 Å². The zero-order chi connectivity index (χ0) is 56.0. The topological polar surface area (TPSA) is 233 Å². The molecular weight excluding hydrogens is 984 g/mol. The molecule has 0 radical (unpaired) electrons. The van der Waals surface area contributed by atoms with E-state index >= 15 is 0 Å². The molecule has 3 fully saturated rings. The van der Waals surface area contributed by atoms with Crippen LogP contribution in [0.1, 0.15) is 112 Å². The quantitative estimate of drug-likeness (QED) is 0.120. The summed E-state index contributed by atoms with van der Waals surface area (Å²) in [5, 5.41) is 68.6. The Kier molecular flexibility index (Phi) is 21.0. The molecule has 0 spiro atoms. The van der Waals surface area contributed by atoms with Crippen molar-refractivity contribution in [3.8, 4) is 16.9 Å². The van der Waals surface area contributed by atoms with E-state index in [4.69, 9.17) is 33.2 Å². The zero-order valence-electron chi connectivity index (χ0n) is 47.3. The third-order valence-electron chi connectivity index (χ3n) is 16.6.